The van der Waals surface area contributed by atoms with Gasteiger partial charge in [-0.15, -0.1) is 0 Å². The van der Waals surface area contributed by atoms with E-state index < -0.39 is 4.92 Å². The Morgan fingerprint density at radius 2 is 1.96 bits per heavy atom. The SMILES string of the molecule is CC[C@@H](NC(=O)/C=C/c1cccc([N+](=O)[O-])c1)c1ccc(C)cc1. The first-order valence-electron chi connectivity index (χ1n) is 7.79. The Morgan fingerprint density at radius 1 is 1.25 bits per heavy atom. The van der Waals surface area contributed by atoms with Crippen molar-refractivity contribution in [2.45, 2.75) is 26.3 Å². The molecule has 0 saturated carbocycles. The number of nitrogens with one attached hydrogen (secondary N) is 1. The minimum atomic E-state index is -0.456. The fourth-order valence-corrected chi connectivity index (χ4v) is 2.35. The third kappa shape index (κ3) is 4.78. The number of carbonyl (C=O) groups is 1. The van der Waals surface area contributed by atoms with E-state index in [0.29, 0.717) is 5.56 Å². The lowest BCUT2D eigenvalue weighted by Crippen LogP contribution is -2.26. The summed E-state index contributed by atoms with van der Waals surface area (Å²) in [6.07, 6.45) is 3.75. The van der Waals surface area contributed by atoms with Crippen LogP contribution in [0.15, 0.2) is 54.6 Å². The van der Waals surface area contributed by atoms with E-state index in [2.05, 4.69) is 5.32 Å². The van der Waals surface area contributed by atoms with E-state index in [1.54, 1.807) is 18.2 Å². The molecule has 1 N–H and O–H groups in total. The second kappa shape index (κ2) is 8.06. The van der Waals surface area contributed by atoms with Gasteiger partial charge in [0.2, 0.25) is 5.91 Å². The molecule has 0 aliphatic heterocycles. The van der Waals surface area contributed by atoms with E-state index in [1.165, 1.54) is 23.8 Å². The predicted molar refractivity (Wildman–Crippen MR) is 94.5 cm³/mol. The number of rotatable bonds is 6. The van der Waals surface area contributed by atoms with Crippen LogP contribution in [0, 0.1) is 17.0 Å². The molecule has 0 saturated heterocycles. The summed E-state index contributed by atoms with van der Waals surface area (Å²) in [6.45, 7) is 4.03. The molecule has 24 heavy (non-hydrogen) atoms. The number of nitro groups is 1. The van der Waals surface area contributed by atoms with Crippen LogP contribution in [0.4, 0.5) is 5.69 Å². The van der Waals surface area contributed by atoms with Crippen molar-refractivity contribution in [2.24, 2.45) is 0 Å². The standard InChI is InChI=1S/C19H20N2O3/c1-3-18(16-10-7-14(2)8-11-16)20-19(22)12-9-15-5-4-6-17(13-15)21(23)24/h4-13,18H,3H2,1-2H3,(H,20,22)/b12-9+/t18-/m1/s1. The highest BCUT2D eigenvalue weighted by Gasteiger charge is 2.11. The van der Waals surface area contributed by atoms with Gasteiger partial charge in [-0.3, -0.25) is 14.9 Å². The van der Waals surface area contributed by atoms with Gasteiger partial charge in [0.1, 0.15) is 0 Å². The molecule has 0 radical (unpaired) electrons. The van der Waals surface area contributed by atoms with Crippen molar-refractivity contribution in [1.29, 1.82) is 0 Å². The fraction of sp³-hybridized carbons (Fsp3) is 0.211. The molecule has 1 amide bonds. The van der Waals surface area contributed by atoms with Gasteiger partial charge in [0.05, 0.1) is 11.0 Å². The molecule has 0 aromatic heterocycles. The highest BCUT2D eigenvalue weighted by molar-refractivity contribution is 5.92. The van der Waals surface area contributed by atoms with Crippen molar-refractivity contribution >= 4 is 17.7 Å². The molecule has 0 fully saturated rings. The van der Waals surface area contributed by atoms with Crippen LogP contribution >= 0.6 is 0 Å². The van der Waals surface area contributed by atoms with Gasteiger partial charge in [-0.05, 0) is 30.5 Å². The third-order valence-electron chi connectivity index (χ3n) is 3.71. The number of non-ortho nitro benzene ring substituents is 1. The number of hydrogen-bond acceptors (Lipinski definition) is 3. The first-order valence-corrected chi connectivity index (χ1v) is 7.79. The third-order valence-corrected chi connectivity index (χ3v) is 3.71. The van der Waals surface area contributed by atoms with Gasteiger partial charge in [0, 0.05) is 18.2 Å². The molecule has 0 spiro atoms. The number of carbonyl (C=O) groups excluding carboxylic acids is 1. The number of nitro benzene ring substituents is 1. The summed E-state index contributed by atoms with van der Waals surface area (Å²) >= 11 is 0. The number of amides is 1. The van der Waals surface area contributed by atoms with Crippen LogP contribution in [0.1, 0.15) is 36.1 Å². The Bertz CT molecular complexity index is 751. The Balaban J connectivity index is 2.04. The molecule has 5 nitrogen and oxygen atoms in total. The molecule has 5 heteroatoms. The van der Waals surface area contributed by atoms with Crippen molar-refractivity contribution in [1.82, 2.24) is 5.32 Å². The minimum Gasteiger partial charge on any atom is -0.346 e. The molecule has 2 aromatic carbocycles. The second-order valence-corrected chi connectivity index (χ2v) is 5.57. The van der Waals surface area contributed by atoms with Crippen LogP contribution in [0.2, 0.25) is 0 Å². The number of hydrogen-bond donors (Lipinski definition) is 1. The van der Waals surface area contributed by atoms with Crippen molar-refractivity contribution in [3.05, 3.63) is 81.4 Å². The molecule has 2 rings (SSSR count). The lowest BCUT2D eigenvalue weighted by atomic mass is 10.0. The average molecular weight is 324 g/mol. The average Bonchev–Trinajstić information content (AvgIpc) is 2.59. The van der Waals surface area contributed by atoms with Crippen LogP contribution in [0.5, 0.6) is 0 Å². The second-order valence-electron chi connectivity index (χ2n) is 5.57. The van der Waals surface area contributed by atoms with Gasteiger partial charge in [-0.2, -0.15) is 0 Å². The Hall–Kier alpha value is -2.95. The molecule has 124 valence electrons. The molecule has 1 atom stereocenters. The van der Waals surface area contributed by atoms with Crippen LogP contribution in [-0.4, -0.2) is 10.8 Å². The largest absolute Gasteiger partial charge is 0.346 e. The molecular weight excluding hydrogens is 304 g/mol. The highest BCUT2D eigenvalue weighted by atomic mass is 16.6. The molecule has 0 aliphatic rings. The summed E-state index contributed by atoms with van der Waals surface area (Å²) in [6, 6.07) is 14.1. The highest BCUT2D eigenvalue weighted by Crippen LogP contribution is 2.17. The van der Waals surface area contributed by atoms with Gasteiger partial charge in [0.25, 0.3) is 5.69 Å². The van der Waals surface area contributed by atoms with Crippen molar-refractivity contribution in [3.63, 3.8) is 0 Å². The van der Waals surface area contributed by atoms with Crippen LogP contribution in [0.25, 0.3) is 6.08 Å². The molecular formula is C19H20N2O3. The van der Waals surface area contributed by atoms with Gasteiger partial charge < -0.3 is 5.32 Å². The zero-order chi connectivity index (χ0) is 17.5. The molecule has 2 aromatic rings. The topological polar surface area (TPSA) is 72.2 Å². The first kappa shape index (κ1) is 17.4. The monoisotopic (exact) mass is 324 g/mol. The van der Waals surface area contributed by atoms with Crippen molar-refractivity contribution < 1.29 is 9.72 Å². The lowest BCUT2D eigenvalue weighted by Gasteiger charge is -2.16. The summed E-state index contributed by atoms with van der Waals surface area (Å²) in [7, 11) is 0. The van der Waals surface area contributed by atoms with Crippen molar-refractivity contribution in [3.8, 4) is 0 Å². The number of aryl methyl sites for hydroxylation is 1. The van der Waals surface area contributed by atoms with E-state index in [4.69, 9.17) is 0 Å². The van der Waals surface area contributed by atoms with Crippen LogP contribution in [-0.2, 0) is 4.79 Å². The van der Waals surface area contributed by atoms with E-state index in [1.807, 2.05) is 38.1 Å². The van der Waals surface area contributed by atoms with E-state index in [-0.39, 0.29) is 17.6 Å². The van der Waals surface area contributed by atoms with Crippen LogP contribution < -0.4 is 5.32 Å². The molecule has 0 aliphatic carbocycles. The maximum atomic E-state index is 12.1. The summed E-state index contributed by atoms with van der Waals surface area (Å²) in [4.78, 5) is 22.4. The quantitative estimate of drug-likeness (QED) is 0.492. The van der Waals surface area contributed by atoms with E-state index in [9.17, 15) is 14.9 Å². The zero-order valence-corrected chi connectivity index (χ0v) is 13.7. The van der Waals surface area contributed by atoms with E-state index in [0.717, 1.165) is 12.0 Å². The maximum absolute atomic E-state index is 12.1. The summed E-state index contributed by atoms with van der Waals surface area (Å²) in [5.41, 5.74) is 2.84. The normalized spacial score (nSPS) is 12.1. The summed E-state index contributed by atoms with van der Waals surface area (Å²) in [5, 5.41) is 13.7. The predicted octanol–water partition coefficient (Wildman–Crippen LogP) is 4.18. The Morgan fingerprint density at radius 3 is 2.58 bits per heavy atom. The van der Waals surface area contributed by atoms with Gasteiger partial charge >= 0.3 is 0 Å². The zero-order valence-electron chi connectivity index (χ0n) is 13.7. The van der Waals surface area contributed by atoms with Gasteiger partial charge in [-0.1, -0.05) is 48.9 Å². The first-order chi connectivity index (χ1) is 11.5. The number of nitrogens with zero attached hydrogens (tertiary/aromatic N) is 1. The number of benzene rings is 2. The Kier molecular flexibility index (Phi) is 5.84. The van der Waals surface area contributed by atoms with Crippen molar-refractivity contribution in [2.75, 3.05) is 0 Å². The molecule has 0 heterocycles. The van der Waals surface area contributed by atoms with Crippen LogP contribution in [0.3, 0.4) is 0 Å². The summed E-state index contributed by atoms with van der Waals surface area (Å²) < 4.78 is 0. The van der Waals surface area contributed by atoms with Gasteiger partial charge in [0.15, 0.2) is 0 Å². The lowest BCUT2D eigenvalue weighted by molar-refractivity contribution is -0.384. The molecule has 0 unspecified atom stereocenters. The fourth-order valence-electron chi connectivity index (χ4n) is 2.35. The smallest absolute Gasteiger partial charge is 0.270 e. The maximum Gasteiger partial charge on any atom is 0.270 e. The Labute approximate surface area is 141 Å². The summed E-state index contributed by atoms with van der Waals surface area (Å²) in [5.74, 6) is -0.228. The van der Waals surface area contributed by atoms with E-state index >= 15 is 0 Å². The minimum absolute atomic E-state index is 0.00338. The van der Waals surface area contributed by atoms with Gasteiger partial charge in [-0.25, -0.2) is 0 Å². The molecule has 0 bridgehead atoms.